The summed E-state index contributed by atoms with van der Waals surface area (Å²) in [6, 6.07) is 8.22. The quantitative estimate of drug-likeness (QED) is 0.373. The lowest BCUT2D eigenvalue weighted by Crippen LogP contribution is -2.19. The van der Waals surface area contributed by atoms with E-state index in [-0.39, 0.29) is 17.2 Å². The number of thiophene rings is 1. The molecule has 3 nitrogen and oxygen atoms in total. The van der Waals surface area contributed by atoms with E-state index in [1.54, 1.807) is 11.3 Å². The predicted molar refractivity (Wildman–Crippen MR) is 117 cm³/mol. The lowest BCUT2D eigenvalue weighted by atomic mass is 9.85. The van der Waals surface area contributed by atoms with Gasteiger partial charge in [-0.3, -0.25) is 4.98 Å². The Bertz CT molecular complexity index is 691. The molecule has 3 unspecified atom stereocenters. The first-order valence-electron chi connectivity index (χ1n) is 10.6. The van der Waals surface area contributed by atoms with Crippen molar-refractivity contribution in [1.82, 2.24) is 4.98 Å². The van der Waals surface area contributed by atoms with Crippen LogP contribution in [0.3, 0.4) is 0 Å². The number of alkyl halides is 1. The van der Waals surface area contributed by atoms with Crippen LogP contribution in [0, 0.1) is 5.92 Å². The Morgan fingerprint density at radius 1 is 1.25 bits per heavy atom. The molecule has 5 atom stereocenters. The molecule has 0 bridgehead atoms. The lowest BCUT2D eigenvalue weighted by molar-refractivity contribution is 0.152. The normalized spacial score (nSPS) is 25.9. The minimum atomic E-state index is -0.503. The summed E-state index contributed by atoms with van der Waals surface area (Å²) in [5.74, 6) is 0.295. The summed E-state index contributed by atoms with van der Waals surface area (Å²) in [7, 11) is 0. The molecule has 1 fully saturated rings. The molecule has 1 aliphatic carbocycles. The van der Waals surface area contributed by atoms with Gasteiger partial charge in [0, 0.05) is 22.4 Å². The molecule has 0 spiro atoms. The smallest absolute Gasteiger partial charge is 0.0959 e. The third-order valence-electron chi connectivity index (χ3n) is 5.96. The Kier molecular flexibility index (Phi) is 8.34. The van der Waals surface area contributed by atoms with Gasteiger partial charge in [-0.2, -0.15) is 0 Å². The summed E-state index contributed by atoms with van der Waals surface area (Å²) < 4.78 is 0. The van der Waals surface area contributed by atoms with Crippen molar-refractivity contribution >= 4 is 22.9 Å². The minimum Gasteiger partial charge on any atom is -0.392 e. The molecule has 3 rings (SSSR count). The maximum atomic E-state index is 10.6. The van der Waals surface area contributed by atoms with Gasteiger partial charge < -0.3 is 10.2 Å². The number of aliphatic hydroxyl groups excluding tert-OH is 2. The van der Waals surface area contributed by atoms with E-state index in [0.29, 0.717) is 6.42 Å². The zero-order chi connectivity index (χ0) is 19.9. The van der Waals surface area contributed by atoms with Crippen LogP contribution >= 0.6 is 22.9 Å². The zero-order valence-electron chi connectivity index (χ0n) is 16.6. The molecule has 28 heavy (non-hydrogen) atoms. The highest BCUT2D eigenvalue weighted by Gasteiger charge is 2.42. The second-order valence-corrected chi connectivity index (χ2v) is 9.60. The Labute approximate surface area is 177 Å². The second kappa shape index (κ2) is 10.7. The topological polar surface area (TPSA) is 53.4 Å². The van der Waals surface area contributed by atoms with E-state index in [2.05, 4.69) is 29.4 Å². The van der Waals surface area contributed by atoms with Crippen LogP contribution < -0.4 is 0 Å². The average Bonchev–Trinajstić information content (AvgIpc) is 3.30. The summed E-state index contributed by atoms with van der Waals surface area (Å²) in [6.45, 7) is 2.16. The van der Waals surface area contributed by atoms with Crippen molar-refractivity contribution in [3.05, 3.63) is 52.0 Å². The SMILES string of the molecule is CCCCCC(O)c1ccc(C2C(CCCc3cccs3)[C@H](Cl)C[C@H]2O)cn1. The first-order chi connectivity index (χ1) is 13.6. The average molecular weight is 422 g/mol. The van der Waals surface area contributed by atoms with E-state index in [4.69, 9.17) is 11.6 Å². The van der Waals surface area contributed by atoms with Crippen LogP contribution in [0.15, 0.2) is 35.8 Å². The molecule has 1 aliphatic rings. The number of nitrogens with zero attached hydrogens (tertiary/aromatic N) is 1. The van der Waals surface area contributed by atoms with Crippen molar-refractivity contribution in [3.8, 4) is 0 Å². The molecule has 1 saturated carbocycles. The van der Waals surface area contributed by atoms with Gasteiger partial charge >= 0.3 is 0 Å². The van der Waals surface area contributed by atoms with Crippen LogP contribution in [0.4, 0.5) is 0 Å². The van der Waals surface area contributed by atoms with Crippen LogP contribution in [-0.2, 0) is 6.42 Å². The molecule has 0 aliphatic heterocycles. The Morgan fingerprint density at radius 3 is 2.79 bits per heavy atom. The van der Waals surface area contributed by atoms with E-state index >= 15 is 0 Å². The molecular formula is C23H32ClNO2S. The van der Waals surface area contributed by atoms with E-state index in [1.807, 2.05) is 18.3 Å². The predicted octanol–water partition coefficient (Wildman–Crippen LogP) is 5.85. The molecule has 0 radical (unpaired) electrons. The number of unbranched alkanes of at least 4 members (excludes halogenated alkanes) is 2. The summed E-state index contributed by atoms with van der Waals surface area (Å²) in [4.78, 5) is 5.92. The number of aliphatic hydroxyl groups is 2. The lowest BCUT2D eigenvalue weighted by Gasteiger charge is -2.24. The number of halogens is 1. The fraction of sp³-hybridized carbons (Fsp3) is 0.609. The fourth-order valence-electron chi connectivity index (χ4n) is 4.41. The van der Waals surface area contributed by atoms with Crippen molar-refractivity contribution in [2.45, 2.75) is 81.8 Å². The molecule has 154 valence electrons. The first kappa shape index (κ1) is 21.8. The molecule has 2 aromatic heterocycles. The number of hydrogen-bond donors (Lipinski definition) is 2. The number of aryl methyl sites for hydroxylation is 1. The Hall–Kier alpha value is -0.940. The van der Waals surface area contributed by atoms with Crippen LogP contribution in [0.25, 0.3) is 0 Å². The highest BCUT2D eigenvalue weighted by Crippen LogP contribution is 2.45. The van der Waals surface area contributed by atoms with Crippen LogP contribution in [0.5, 0.6) is 0 Å². The second-order valence-electron chi connectivity index (χ2n) is 8.01. The molecule has 5 heteroatoms. The number of aromatic nitrogens is 1. The van der Waals surface area contributed by atoms with E-state index < -0.39 is 12.2 Å². The maximum absolute atomic E-state index is 10.6. The third kappa shape index (κ3) is 5.56. The van der Waals surface area contributed by atoms with Crippen molar-refractivity contribution in [3.63, 3.8) is 0 Å². The van der Waals surface area contributed by atoms with Crippen LogP contribution in [0.2, 0.25) is 0 Å². The highest BCUT2D eigenvalue weighted by molar-refractivity contribution is 7.09. The number of hydrogen-bond acceptors (Lipinski definition) is 4. The molecule has 2 aromatic rings. The molecular weight excluding hydrogens is 390 g/mol. The van der Waals surface area contributed by atoms with Crippen molar-refractivity contribution in [2.75, 3.05) is 0 Å². The van der Waals surface area contributed by atoms with E-state index in [9.17, 15) is 10.2 Å². The molecule has 0 saturated heterocycles. The monoisotopic (exact) mass is 421 g/mol. The highest BCUT2D eigenvalue weighted by atomic mass is 35.5. The molecule has 0 aromatic carbocycles. The van der Waals surface area contributed by atoms with Gasteiger partial charge in [-0.05, 0) is 61.1 Å². The Balaban J connectivity index is 1.62. The third-order valence-corrected chi connectivity index (χ3v) is 7.40. The number of rotatable bonds is 10. The van der Waals surface area contributed by atoms with Crippen molar-refractivity contribution in [1.29, 1.82) is 0 Å². The largest absolute Gasteiger partial charge is 0.392 e. The van der Waals surface area contributed by atoms with Gasteiger partial charge in [0.25, 0.3) is 0 Å². The fourth-order valence-corrected chi connectivity index (χ4v) is 5.62. The summed E-state index contributed by atoms with van der Waals surface area (Å²) in [6.07, 6.45) is 8.76. The van der Waals surface area contributed by atoms with Crippen molar-refractivity contribution in [2.24, 2.45) is 5.92 Å². The summed E-state index contributed by atoms with van der Waals surface area (Å²) >= 11 is 8.41. The van der Waals surface area contributed by atoms with Gasteiger partial charge in [0.1, 0.15) is 0 Å². The van der Waals surface area contributed by atoms with Gasteiger partial charge in [-0.15, -0.1) is 22.9 Å². The molecule has 2 N–H and O–H groups in total. The van der Waals surface area contributed by atoms with Crippen LogP contribution in [0.1, 0.15) is 80.0 Å². The van der Waals surface area contributed by atoms with Crippen molar-refractivity contribution < 1.29 is 10.2 Å². The zero-order valence-corrected chi connectivity index (χ0v) is 18.2. The molecule has 2 heterocycles. The first-order valence-corrected chi connectivity index (χ1v) is 11.9. The maximum Gasteiger partial charge on any atom is 0.0959 e. The Morgan fingerprint density at radius 2 is 2.11 bits per heavy atom. The van der Waals surface area contributed by atoms with Crippen LogP contribution in [-0.4, -0.2) is 26.7 Å². The summed E-state index contributed by atoms with van der Waals surface area (Å²) in [5, 5.41) is 23.1. The summed E-state index contributed by atoms with van der Waals surface area (Å²) in [5.41, 5.74) is 1.77. The van der Waals surface area contributed by atoms with E-state index in [1.165, 1.54) is 4.88 Å². The minimum absolute atomic E-state index is 0.00245. The van der Waals surface area contributed by atoms with Gasteiger partial charge in [-0.25, -0.2) is 0 Å². The molecule has 0 amide bonds. The van der Waals surface area contributed by atoms with Gasteiger partial charge in [0.2, 0.25) is 0 Å². The number of pyridine rings is 1. The van der Waals surface area contributed by atoms with Gasteiger partial charge in [0.15, 0.2) is 0 Å². The standard InChI is InChI=1S/C23H32ClNO2S/c1-2-3-4-10-21(26)20-12-11-16(15-25-20)23-18(19(24)14-22(23)27)9-5-7-17-8-6-13-28-17/h6,8,11-13,15,18-19,21-23,26-27H,2-5,7,9-10,14H2,1H3/t18?,19-,21?,22-,23?/m1/s1. The van der Waals surface area contributed by atoms with Gasteiger partial charge in [0.05, 0.1) is 17.9 Å². The van der Waals surface area contributed by atoms with Gasteiger partial charge in [-0.1, -0.05) is 38.3 Å². The van der Waals surface area contributed by atoms with E-state index in [0.717, 1.165) is 56.2 Å².